The minimum absolute atomic E-state index is 0.182. The summed E-state index contributed by atoms with van der Waals surface area (Å²) in [5.41, 5.74) is 2.36. The fraction of sp³-hybridized carbons (Fsp3) is 0.200. The van der Waals surface area contributed by atoms with Crippen LogP contribution in [0.15, 0.2) is 47.4 Å². The highest BCUT2D eigenvalue weighted by molar-refractivity contribution is 7.87. The summed E-state index contributed by atoms with van der Waals surface area (Å²) in [4.78, 5) is -0.182. The predicted molar refractivity (Wildman–Crippen MR) is 72.7 cm³/mol. The van der Waals surface area contributed by atoms with Gasteiger partial charge in [-0.1, -0.05) is 12.1 Å². The molecular formula is C15H13FO3S. The third-order valence-corrected chi connectivity index (χ3v) is 4.60. The molecule has 0 bridgehead atoms. The van der Waals surface area contributed by atoms with Gasteiger partial charge in [0.05, 0.1) is 0 Å². The van der Waals surface area contributed by atoms with Crippen LogP contribution in [0.3, 0.4) is 0 Å². The predicted octanol–water partition coefficient (Wildman–Crippen LogP) is 3.08. The third kappa shape index (κ3) is 2.54. The van der Waals surface area contributed by atoms with Crippen molar-refractivity contribution < 1.29 is 17.0 Å². The van der Waals surface area contributed by atoms with Crippen molar-refractivity contribution in [2.75, 3.05) is 0 Å². The number of hydrogen-bond acceptors (Lipinski definition) is 3. The lowest BCUT2D eigenvalue weighted by Crippen LogP contribution is -2.10. The molecule has 5 heteroatoms. The Bertz CT molecular complexity index is 753. The van der Waals surface area contributed by atoms with Crippen molar-refractivity contribution in [3.63, 3.8) is 0 Å². The summed E-state index contributed by atoms with van der Waals surface area (Å²) in [7, 11) is -3.99. The van der Waals surface area contributed by atoms with Gasteiger partial charge in [-0.3, -0.25) is 0 Å². The van der Waals surface area contributed by atoms with Gasteiger partial charge in [0.25, 0.3) is 0 Å². The monoisotopic (exact) mass is 292 g/mol. The molecule has 2 aromatic rings. The van der Waals surface area contributed by atoms with Gasteiger partial charge in [-0.25, -0.2) is 4.39 Å². The molecule has 0 radical (unpaired) electrons. The summed E-state index contributed by atoms with van der Waals surface area (Å²) in [6.07, 6.45) is 3.04. The zero-order valence-corrected chi connectivity index (χ0v) is 11.5. The minimum atomic E-state index is -3.99. The Balaban J connectivity index is 1.90. The Labute approximate surface area is 117 Å². The Morgan fingerprint density at radius 3 is 2.60 bits per heavy atom. The second kappa shape index (κ2) is 4.90. The Hall–Kier alpha value is -1.88. The average Bonchev–Trinajstić information content (AvgIpc) is 2.85. The number of hydrogen-bond donors (Lipinski definition) is 0. The molecule has 0 N–H and O–H groups in total. The molecule has 3 rings (SSSR count). The van der Waals surface area contributed by atoms with Crippen LogP contribution in [0, 0.1) is 5.82 Å². The van der Waals surface area contributed by atoms with E-state index in [-0.39, 0.29) is 10.6 Å². The van der Waals surface area contributed by atoms with E-state index in [0.717, 1.165) is 30.9 Å². The SMILES string of the molecule is O=S(=O)(Oc1ccc2c(c1)CCC2)c1cccc(F)c1. The first-order valence-electron chi connectivity index (χ1n) is 6.36. The van der Waals surface area contributed by atoms with Crippen LogP contribution in [0.25, 0.3) is 0 Å². The number of aryl methyl sites for hydroxylation is 2. The molecule has 0 saturated heterocycles. The molecule has 1 aliphatic carbocycles. The van der Waals surface area contributed by atoms with Gasteiger partial charge in [0.2, 0.25) is 0 Å². The van der Waals surface area contributed by atoms with Gasteiger partial charge in [0.15, 0.2) is 0 Å². The minimum Gasteiger partial charge on any atom is -0.379 e. The van der Waals surface area contributed by atoms with Crippen LogP contribution in [-0.2, 0) is 23.0 Å². The summed E-state index contributed by atoms with van der Waals surface area (Å²) >= 11 is 0. The zero-order valence-electron chi connectivity index (χ0n) is 10.7. The van der Waals surface area contributed by atoms with Gasteiger partial charge in [0.1, 0.15) is 16.5 Å². The van der Waals surface area contributed by atoms with E-state index in [2.05, 4.69) is 0 Å². The second-order valence-corrected chi connectivity index (χ2v) is 6.33. The van der Waals surface area contributed by atoms with Crippen LogP contribution in [0.5, 0.6) is 5.75 Å². The summed E-state index contributed by atoms with van der Waals surface area (Å²) in [5, 5.41) is 0. The molecule has 0 atom stereocenters. The van der Waals surface area contributed by atoms with E-state index < -0.39 is 15.9 Å². The molecule has 0 fully saturated rings. The van der Waals surface area contributed by atoms with Gasteiger partial charge in [-0.05, 0) is 60.7 Å². The second-order valence-electron chi connectivity index (χ2n) is 4.78. The standard InChI is InChI=1S/C15H13FO3S/c16-13-5-2-6-15(10-13)20(17,18)19-14-8-7-11-3-1-4-12(11)9-14/h2,5-10H,1,3-4H2. The molecule has 0 heterocycles. The molecule has 1 aliphatic rings. The summed E-state index contributed by atoms with van der Waals surface area (Å²) in [6, 6.07) is 10.1. The first-order chi connectivity index (χ1) is 9.54. The lowest BCUT2D eigenvalue weighted by atomic mass is 10.1. The Kier molecular flexibility index (Phi) is 3.22. The number of rotatable bonds is 3. The first-order valence-corrected chi connectivity index (χ1v) is 7.77. The zero-order chi connectivity index (χ0) is 14.2. The summed E-state index contributed by atoms with van der Waals surface area (Å²) in [5.74, 6) is -0.335. The van der Waals surface area contributed by atoms with Crippen LogP contribution in [-0.4, -0.2) is 8.42 Å². The number of fused-ring (bicyclic) bond motifs is 1. The largest absolute Gasteiger partial charge is 0.379 e. The van der Waals surface area contributed by atoms with E-state index in [0.29, 0.717) is 0 Å². The van der Waals surface area contributed by atoms with E-state index in [4.69, 9.17) is 4.18 Å². The molecule has 3 nitrogen and oxygen atoms in total. The van der Waals surface area contributed by atoms with Gasteiger partial charge >= 0.3 is 10.1 Å². The van der Waals surface area contributed by atoms with Crippen molar-refractivity contribution in [2.45, 2.75) is 24.2 Å². The van der Waals surface area contributed by atoms with Crippen molar-refractivity contribution in [3.05, 3.63) is 59.4 Å². The fourth-order valence-electron chi connectivity index (χ4n) is 2.40. The fourth-order valence-corrected chi connectivity index (χ4v) is 3.35. The van der Waals surface area contributed by atoms with E-state index >= 15 is 0 Å². The van der Waals surface area contributed by atoms with Crippen LogP contribution in [0.4, 0.5) is 4.39 Å². The Morgan fingerprint density at radius 2 is 1.80 bits per heavy atom. The summed E-state index contributed by atoms with van der Waals surface area (Å²) in [6.45, 7) is 0. The maximum Gasteiger partial charge on any atom is 0.339 e. The number of halogens is 1. The lowest BCUT2D eigenvalue weighted by molar-refractivity contribution is 0.484. The van der Waals surface area contributed by atoms with Gasteiger partial charge in [-0.2, -0.15) is 8.42 Å². The lowest BCUT2D eigenvalue weighted by Gasteiger charge is -2.08. The molecule has 0 unspecified atom stereocenters. The van der Waals surface area contributed by atoms with Crippen LogP contribution >= 0.6 is 0 Å². The van der Waals surface area contributed by atoms with Crippen LogP contribution in [0.1, 0.15) is 17.5 Å². The van der Waals surface area contributed by atoms with E-state index in [9.17, 15) is 12.8 Å². The average molecular weight is 292 g/mol. The molecule has 0 amide bonds. The molecular weight excluding hydrogens is 279 g/mol. The van der Waals surface area contributed by atoms with Crippen molar-refractivity contribution in [1.82, 2.24) is 0 Å². The maximum atomic E-state index is 13.1. The van der Waals surface area contributed by atoms with Crippen molar-refractivity contribution in [2.24, 2.45) is 0 Å². The third-order valence-electron chi connectivity index (χ3n) is 3.36. The van der Waals surface area contributed by atoms with Gasteiger partial charge in [-0.15, -0.1) is 0 Å². The number of benzene rings is 2. The highest BCUT2D eigenvalue weighted by Gasteiger charge is 2.19. The highest BCUT2D eigenvalue weighted by Crippen LogP contribution is 2.27. The molecule has 0 aliphatic heterocycles. The Morgan fingerprint density at radius 1 is 1.00 bits per heavy atom. The summed E-state index contributed by atoms with van der Waals surface area (Å²) < 4.78 is 42.3. The van der Waals surface area contributed by atoms with Crippen molar-refractivity contribution in [3.8, 4) is 5.75 Å². The topological polar surface area (TPSA) is 43.4 Å². The molecule has 0 saturated carbocycles. The van der Waals surface area contributed by atoms with Gasteiger partial charge < -0.3 is 4.18 Å². The molecule has 0 spiro atoms. The highest BCUT2D eigenvalue weighted by atomic mass is 32.2. The maximum absolute atomic E-state index is 13.1. The molecule has 20 heavy (non-hydrogen) atoms. The van der Waals surface area contributed by atoms with Crippen molar-refractivity contribution in [1.29, 1.82) is 0 Å². The normalized spacial score (nSPS) is 14.1. The van der Waals surface area contributed by atoms with E-state index in [1.54, 1.807) is 12.1 Å². The van der Waals surface area contributed by atoms with E-state index in [1.165, 1.54) is 23.8 Å². The molecule has 2 aromatic carbocycles. The smallest absolute Gasteiger partial charge is 0.339 e. The van der Waals surface area contributed by atoms with Crippen LogP contribution in [0.2, 0.25) is 0 Å². The molecule has 104 valence electrons. The van der Waals surface area contributed by atoms with Crippen molar-refractivity contribution >= 4 is 10.1 Å². The molecule has 0 aromatic heterocycles. The first kappa shape index (κ1) is 13.1. The van der Waals surface area contributed by atoms with Gasteiger partial charge in [0, 0.05) is 0 Å². The van der Waals surface area contributed by atoms with E-state index in [1.807, 2.05) is 6.07 Å². The quantitative estimate of drug-likeness (QED) is 0.817. The van der Waals surface area contributed by atoms with Crippen LogP contribution < -0.4 is 4.18 Å².